The van der Waals surface area contributed by atoms with Gasteiger partial charge in [-0.05, 0) is 84.7 Å². The topological polar surface area (TPSA) is 33.5 Å². The molecule has 0 spiro atoms. The molecule has 3 heterocycles. The molecule has 5 nitrogen and oxygen atoms in total. The standard InChI is InChI=1S/C45H38FN4O.Pt/c1-2-31-22-23-47-45(24-31)50-41-17-8-7-16-39(41)40-21-20-37(29-44(40)50)51-38-26-33(32-12-5-3-4-6-13-32)25-36(28-38)49-30-48(35-15-11-14-34(46)27-35)42-18-9-10-19-43(42)49;/h7-11,14-27,30,32H,2-6,12-13H2,1H3;/q-3;. The number of para-hydroxylation sites is 3. The molecule has 0 saturated heterocycles. The van der Waals surface area contributed by atoms with E-state index >= 15 is 0 Å². The van der Waals surface area contributed by atoms with Gasteiger partial charge in [0, 0.05) is 61.3 Å². The van der Waals surface area contributed by atoms with Crippen LogP contribution in [0.5, 0.6) is 11.5 Å². The van der Waals surface area contributed by atoms with Crippen LogP contribution in [0.4, 0.5) is 27.1 Å². The van der Waals surface area contributed by atoms with Crippen LogP contribution in [0.1, 0.15) is 62.5 Å². The second-order valence-corrected chi connectivity index (χ2v) is 13.6. The molecule has 9 rings (SSSR count). The molecule has 0 amide bonds. The van der Waals surface area contributed by atoms with E-state index in [1.54, 1.807) is 12.1 Å². The molecule has 0 N–H and O–H groups in total. The fraction of sp³-hybridized carbons (Fsp3) is 0.200. The number of aromatic nitrogens is 2. The van der Waals surface area contributed by atoms with Crippen molar-refractivity contribution in [3.8, 4) is 17.3 Å². The summed E-state index contributed by atoms with van der Waals surface area (Å²) in [6.45, 7) is 4.19. The summed E-state index contributed by atoms with van der Waals surface area (Å²) in [5, 5.41) is 2.24. The molecule has 0 atom stereocenters. The fourth-order valence-electron chi connectivity index (χ4n) is 7.81. The van der Waals surface area contributed by atoms with Crippen LogP contribution in [-0.2, 0) is 27.5 Å². The molecule has 0 unspecified atom stereocenters. The zero-order valence-electron chi connectivity index (χ0n) is 29.0. The van der Waals surface area contributed by atoms with Crippen molar-refractivity contribution >= 4 is 44.6 Å². The van der Waals surface area contributed by atoms with E-state index in [9.17, 15) is 4.39 Å². The monoisotopic (exact) mass is 864 g/mol. The van der Waals surface area contributed by atoms with Crippen molar-refractivity contribution in [3.05, 3.63) is 151 Å². The third-order valence-corrected chi connectivity index (χ3v) is 10.4. The Bertz CT molecular complexity index is 2380. The molecule has 7 aromatic rings. The van der Waals surface area contributed by atoms with E-state index in [2.05, 4.69) is 95.3 Å². The van der Waals surface area contributed by atoms with E-state index in [-0.39, 0.29) is 26.9 Å². The Balaban J connectivity index is 0.00000387. The van der Waals surface area contributed by atoms with Gasteiger partial charge in [-0.3, -0.25) is 0 Å². The van der Waals surface area contributed by atoms with Crippen LogP contribution in [0, 0.1) is 24.6 Å². The van der Waals surface area contributed by atoms with Crippen LogP contribution >= 0.6 is 0 Å². The van der Waals surface area contributed by atoms with Crippen molar-refractivity contribution in [2.45, 2.75) is 57.8 Å². The Labute approximate surface area is 318 Å². The number of pyridine rings is 1. The summed E-state index contributed by atoms with van der Waals surface area (Å²) >= 11 is 0. The first kappa shape index (κ1) is 34.2. The second kappa shape index (κ2) is 14.6. The molecule has 264 valence electrons. The van der Waals surface area contributed by atoms with Gasteiger partial charge in [-0.1, -0.05) is 74.5 Å². The molecule has 0 bridgehead atoms. The largest absolute Gasteiger partial charge is 0.509 e. The van der Waals surface area contributed by atoms with Gasteiger partial charge in [0.2, 0.25) is 0 Å². The maximum absolute atomic E-state index is 14.4. The number of benzene rings is 5. The van der Waals surface area contributed by atoms with Crippen LogP contribution in [0.15, 0.2) is 115 Å². The summed E-state index contributed by atoms with van der Waals surface area (Å²) < 4.78 is 23.3. The third kappa shape index (κ3) is 6.39. The number of anilines is 4. The average Bonchev–Trinajstić information content (AvgIpc) is 3.57. The predicted molar refractivity (Wildman–Crippen MR) is 204 cm³/mol. The minimum Gasteiger partial charge on any atom is -0.509 e. The summed E-state index contributed by atoms with van der Waals surface area (Å²) in [4.78, 5) is 8.96. The van der Waals surface area contributed by atoms with Crippen molar-refractivity contribution in [3.63, 3.8) is 0 Å². The number of halogens is 1. The summed E-state index contributed by atoms with van der Waals surface area (Å²) in [6, 6.07) is 43.4. The number of fused-ring (bicyclic) bond motifs is 4. The Hall–Kier alpha value is -4.93. The number of hydrogen-bond donors (Lipinski definition) is 0. The van der Waals surface area contributed by atoms with Gasteiger partial charge < -0.3 is 19.1 Å². The van der Waals surface area contributed by atoms with Gasteiger partial charge >= 0.3 is 0 Å². The van der Waals surface area contributed by atoms with E-state index in [4.69, 9.17) is 9.72 Å². The number of hydrogen-bond acceptors (Lipinski definition) is 4. The minimum atomic E-state index is -0.268. The first-order chi connectivity index (χ1) is 25.1. The molecule has 1 aliphatic carbocycles. The molecule has 0 radical (unpaired) electrons. The maximum atomic E-state index is 14.4. The number of rotatable bonds is 7. The SMILES string of the molecule is CCc1ccnc(-n2c3[c-]c(Oc4[c-]c(N5[CH-]N(c6cccc(F)c6)c6ccccc65)cc(C5CCCCCC5)c4)ccc3c3ccccc32)c1.[Pt]. The van der Waals surface area contributed by atoms with Gasteiger partial charge in [0.15, 0.2) is 0 Å². The summed E-state index contributed by atoms with van der Waals surface area (Å²) in [7, 11) is 0. The molecule has 1 fully saturated rings. The quantitative estimate of drug-likeness (QED) is 0.118. The van der Waals surface area contributed by atoms with Gasteiger partial charge in [0.25, 0.3) is 0 Å². The number of nitrogens with zero attached hydrogens (tertiary/aromatic N) is 4. The smallest absolute Gasteiger partial charge is 0.135 e. The van der Waals surface area contributed by atoms with E-state index < -0.39 is 0 Å². The zero-order chi connectivity index (χ0) is 34.3. The number of aryl methyl sites for hydroxylation is 1. The van der Waals surface area contributed by atoms with Gasteiger partial charge in [-0.15, -0.1) is 53.6 Å². The number of ether oxygens (including phenoxy) is 1. The minimum absolute atomic E-state index is 0. The second-order valence-electron chi connectivity index (χ2n) is 13.6. The fourth-order valence-corrected chi connectivity index (χ4v) is 7.81. The molecule has 5 aromatic carbocycles. The Morgan fingerprint density at radius 3 is 2.37 bits per heavy atom. The normalized spacial score (nSPS) is 14.7. The molecule has 1 aliphatic heterocycles. The summed E-state index contributed by atoms with van der Waals surface area (Å²) in [5.74, 6) is 2.29. The van der Waals surface area contributed by atoms with Crippen LogP contribution in [0.2, 0.25) is 0 Å². The molecule has 2 aromatic heterocycles. The third-order valence-electron chi connectivity index (χ3n) is 10.4. The summed E-state index contributed by atoms with van der Waals surface area (Å²) in [5.41, 5.74) is 8.11. The summed E-state index contributed by atoms with van der Waals surface area (Å²) in [6.07, 6.45) is 10.1. The van der Waals surface area contributed by atoms with Crippen LogP contribution in [0.25, 0.3) is 27.6 Å². The first-order valence-corrected chi connectivity index (χ1v) is 18.1. The molecule has 52 heavy (non-hydrogen) atoms. The van der Waals surface area contributed by atoms with E-state index in [0.29, 0.717) is 17.4 Å². The van der Waals surface area contributed by atoms with Crippen molar-refractivity contribution in [1.29, 1.82) is 0 Å². The van der Waals surface area contributed by atoms with Crippen LogP contribution in [0.3, 0.4) is 0 Å². The predicted octanol–water partition coefficient (Wildman–Crippen LogP) is 12.1. The van der Waals surface area contributed by atoms with Gasteiger partial charge in [0.05, 0.1) is 0 Å². The Kier molecular flexibility index (Phi) is 9.59. The van der Waals surface area contributed by atoms with Crippen molar-refractivity contribution in [2.75, 3.05) is 9.80 Å². The Morgan fingerprint density at radius 1 is 0.769 bits per heavy atom. The first-order valence-electron chi connectivity index (χ1n) is 18.1. The zero-order valence-corrected chi connectivity index (χ0v) is 31.2. The van der Waals surface area contributed by atoms with Crippen molar-refractivity contribution < 1.29 is 30.2 Å². The molecular formula is C45H38FN4OPt-3. The van der Waals surface area contributed by atoms with Crippen molar-refractivity contribution in [2.24, 2.45) is 0 Å². The van der Waals surface area contributed by atoms with Gasteiger partial charge in [-0.2, -0.15) is 6.07 Å². The van der Waals surface area contributed by atoms with Crippen molar-refractivity contribution in [1.82, 2.24) is 9.55 Å². The van der Waals surface area contributed by atoms with E-state index in [0.717, 1.165) is 69.6 Å². The Morgan fingerprint density at radius 2 is 1.56 bits per heavy atom. The average molecular weight is 865 g/mol. The van der Waals surface area contributed by atoms with Gasteiger partial charge in [0.1, 0.15) is 11.6 Å². The molecule has 1 saturated carbocycles. The molecule has 2 aliphatic rings. The molecular weight excluding hydrogens is 827 g/mol. The molecule has 7 heteroatoms. The van der Waals surface area contributed by atoms with Crippen LogP contribution in [-0.4, -0.2) is 9.55 Å². The van der Waals surface area contributed by atoms with E-state index in [1.807, 2.05) is 42.0 Å². The van der Waals surface area contributed by atoms with E-state index in [1.165, 1.54) is 42.9 Å². The van der Waals surface area contributed by atoms with Gasteiger partial charge in [-0.25, -0.2) is 9.37 Å². The van der Waals surface area contributed by atoms with Crippen LogP contribution < -0.4 is 14.5 Å². The maximum Gasteiger partial charge on any atom is 0.135 e.